The highest BCUT2D eigenvalue weighted by Crippen LogP contribution is 2.24. The molecule has 2 aliphatic rings. The predicted octanol–water partition coefficient (Wildman–Crippen LogP) is 3.48. The molecule has 0 bridgehead atoms. The fraction of sp³-hybridized carbons (Fsp3) is 0.200. The van der Waals surface area contributed by atoms with Gasteiger partial charge in [0.1, 0.15) is 23.8 Å². The molecule has 58 heavy (non-hydrogen) atoms. The molecule has 2 aliphatic heterocycles. The van der Waals surface area contributed by atoms with Gasteiger partial charge in [0.05, 0.1) is 50.4 Å². The van der Waals surface area contributed by atoms with Crippen molar-refractivity contribution >= 4 is 40.3 Å². The maximum absolute atomic E-state index is 13.8. The van der Waals surface area contributed by atoms with Gasteiger partial charge in [-0.2, -0.15) is 0 Å². The first kappa shape index (κ1) is 41.4. The molecule has 4 aromatic heterocycles. The van der Waals surface area contributed by atoms with Gasteiger partial charge in [0, 0.05) is 82.8 Å². The zero-order valence-corrected chi connectivity index (χ0v) is 32.3. The maximum atomic E-state index is 13.8. The highest BCUT2D eigenvalue weighted by atomic mass is 79.9. The SMILES string of the molecule is O=C(Cc1cnccn1)N1CC(Oc2ccc(-c3ccccc3F)cn2)C1.O=C(Cc1cnccn1)N1CC(Oc2ccc(Br)cn2)C1.OB(O)c1ccccc1F. The molecule has 0 saturated carbocycles. The molecule has 0 radical (unpaired) electrons. The fourth-order valence-corrected chi connectivity index (χ4v) is 5.81. The average Bonchev–Trinajstić information content (AvgIpc) is 3.20. The van der Waals surface area contributed by atoms with Crippen molar-refractivity contribution in [1.29, 1.82) is 0 Å². The number of rotatable bonds is 10. The van der Waals surface area contributed by atoms with Crippen molar-refractivity contribution < 1.29 is 37.9 Å². The number of likely N-dealkylation sites (tertiary alicyclic amines) is 2. The molecular formula is C40H36BBrF2N8O6. The van der Waals surface area contributed by atoms with Crippen molar-refractivity contribution in [2.24, 2.45) is 0 Å². The monoisotopic (exact) mass is 852 g/mol. The summed E-state index contributed by atoms with van der Waals surface area (Å²) in [7, 11) is -1.72. The number of hydrogen-bond acceptors (Lipinski definition) is 12. The Morgan fingerprint density at radius 3 is 1.60 bits per heavy atom. The lowest BCUT2D eigenvalue weighted by Crippen LogP contribution is -2.56. The maximum Gasteiger partial charge on any atom is 0.491 e. The van der Waals surface area contributed by atoms with Gasteiger partial charge in [0.25, 0.3) is 0 Å². The summed E-state index contributed by atoms with van der Waals surface area (Å²) in [6.07, 6.45) is 13.2. The van der Waals surface area contributed by atoms with Gasteiger partial charge in [0.15, 0.2) is 0 Å². The number of benzene rings is 2. The molecule has 6 heterocycles. The van der Waals surface area contributed by atoms with Gasteiger partial charge in [0.2, 0.25) is 23.6 Å². The van der Waals surface area contributed by atoms with Gasteiger partial charge in [-0.25, -0.2) is 18.7 Å². The van der Waals surface area contributed by atoms with Crippen LogP contribution in [0.15, 0.2) is 127 Å². The Balaban J connectivity index is 0.000000162. The van der Waals surface area contributed by atoms with Crippen LogP contribution in [-0.4, -0.2) is 107 Å². The van der Waals surface area contributed by atoms with E-state index in [0.717, 1.165) is 4.47 Å². The van der Waals surface area contributed by atoms with Gasteiger partial charge in [-0.05, 0) is 40.2 Å². The molecular weight excluding hydrogens is 817 g/mol. The lowest BCUT2D eigenvalue weighted by atomic mass is 9.80. The first-order valence-electron chi connectivity index (χ1n) is 17.9. The van der Waals surface area contributed by atoms with E-state index in [1.807, 2.05) is 6.07 Å². The largest absolute Gasteiger partial charge is 0.491 e. The molecule has 14 nitrogen and oxygen atoms in total. The minimum absolute atomic E-state index is 0.00166. The van der Waals surface area contributed by atoms with Crippen LogP contribution in [0.2, 0.25) is 0 Å². The van der Waals surface area contributed by atoms with Crippen LogP contribution in [0.1, 0.15) is 11.4 Å². The Labute approximate surface area is 340 Å². The molecule has 2 fully saturated rings. The molecule has 0 unspecified atom stereocenters. The van der Waals surface area contributed by atoms with Crippen molar-refractivity contribution in [2.45, 2.75) is 25.0 Å². The molecule has 8 rings (SSSR count). The number of pyridine rings is 2. The van der Waals surface area contributed by atoms with Gasteiger partial charge < -0.3 is 29.3 Å². The minimum atomic E-state index is -1.72. The van der Waals surface area contributed by atoms with Gasteiger partial charge in [-0.3, -0.25) is 29.5 Å². The van der Waals surface area contributed by atoms with Gasteiger partial charge in [-0.1, -0.05) is 36.4 Å². The molecule has 18 heteroatoms. The second-order valence-corrected chi connectivity index (χ2v) is 13.8. The zero-order valence-electron chi connectivity index (χ0n) is 30.8. The number of hydrogen-bond donors (Lipinski definition) is 2. The second kappa shape index (κ2) is 20.3. The van der Waals surface area contributed by atoms with E-state index < -0.39 is 12.9 Å². The third-order valence-corrected chi connectivity index (χ3v) is 9.15. The molecule has 6 aromatic rings. The zero-order chi connectivity index (χ0) is 40.9. The summed E-state index contributed by atoms with van der Waals surface area (Å²) in [6, 6.07) is 19.2. The first-order chi connectivity index (χ1) is 28.1. The molecule has 2 amide bonds. The molecule has 0 atom stereocenters. The van der Waals surface area contributed by atoms with Crippen molar-refractivity contribution in [2.75, 3.05) is 26.2 Å². The third kappa shape index (κ3) is 11.9. The van der Waals surface area contributed by atoms with E-state index in [0.29, 0.717) is 60.5 Å². The van der Waals surface area contributed by atoms with Crippen molar-refractivity contribution in [3.63, 3.8) is 0 Å². The van der Waals surface area contributed by atoms with Crippen molar-refractivity contribution in [3.05, 3.63) is 150 Å². The van der Waals surface area contributed by atoms with Crippen LogP contribution < -0.4 is 14.9 Å². The van der Waals surface area contributed by atoms with Crippen LogP contribution in [0.3, 0.4) is 0 Å². The van der Waals surface area contributed by atoms with E-state index >= 15 is 0 Å². The highest BCUT2D eigenvalue weighted by Gasteiger charge is 2.33. The molecule has 2 saturated heterocycles. The Hall–Kier alpha value is -6.24. The normalized spacial score (nSPS) is 13.4. The lowest BCUT2D eigenvalue weighted by molar-refractivity contribution is -0.140. The summed E-state index contributed by atoms with van der Waals surface area (Å²) in [6.45, 7) is 2.18. The van der Waals surface area contributed by atoms with E-state index in [4.69, 9.17) is 19.5 Å². The topological polar surface area (TPSA) is 177 Å². The van der Waals surface area contributed by atoms with E-state index in [9.17, 15) is 18.4 Å². The number of amides is 2. The minimum Gasteiger partial charge on any atom is -0.471 e. The number of halogens is 3. The summed E-state index contributed by atoms with van der Waals surface area (Å²) in [5.74, 6) is 0.185. The van der Waals surface area contributed by atoms with Crippen LogP contribution in [0.4, 0.5) is 8.78 Å². The number of aromatic nitrogens is 6. The third-order valence-electron chi connectivity index (χ3n) is 8.68. The molecule has 0 aliphatic carbocycles. The van der Waals surface area contributed by atoms with Crippen LogP contribution in [0.5, 0.6) is 11.8 Å². The molecule has 296 valence electrons. The first-order valence-corrected chi connectivity index (χ1v) is 18.7. The van der Waals surface area contributed by atoms with Crippen LogP contribution in [0.25, 0.3) is 11.1 Å². The summed E-state index contributed by atoms with van der Waals surface area (Å²) in [5, 5.41) is 17.0. The van der Waals surface area contributed by atoms with Crippen LogP contribution in [0, 0.1) is 11.6 Å². The van der Waals surface area contributed by atoms with Crippen LogP contribution in [-0.2, 0) is 22.4 Å². The van der Waals surface area contributed by atoms with E-state index in [-0.39, 0.29) is 48.1 Å². The lowest BCUT2D eigenvalue weighted by Gasteiger charge is -2.38. The highest BCUT2D eigenvalue weighted by molar-refractivity contribution is 9.10. The van der Waals surface area contributed by atoms with Crippen molar-refractivity contribution in [3.8, 4) is 22.9 Å². The van der Waals surface area contributed by atoms with E-state index in [1.54, 1.807) is 95.8 Å². The van der Waals surface area contributed by atoms with Gasteiger partial charge >= 0.3 is 7.12 Å². The Bertz CT molecular complexity index is 2240. The summed E-state index contributed by atoms with van der Waals surface area (Å²) in [5.41, 5.74) is 2.43. The smallest absolute Gasteiger partial charge is 0.471 e. The average molecular weight is 853 g/mol. The Kier molecular flexibility index (Phi) is 14.5. The fourth-order valence-electron chi connectivity index (χ4n) is 5.57. The number of ether oxygens (including phenoxy) is 2. The second-order valence-electron chi connectivity index (χ2n) is 12.9. The number of carbonyl (C=O) groups is 2. The van der Waals surface area contributed by atoms with Crippen LogP contribution >= 0.6 is 15.9 Å². The molecule has 2 N–H and O–H groups in total. The van der Waals surface area contributed by atoms with Gasteiger partial charge in [-0.15, -0.1) is 0 Å². The number of nitrogens with zero attached hydrogens (tertiary/aromatic N) is 8. The standard InChI is InChI=1S/C20H17FN4O2.C14H13BrN4O2.C6H6BFO2/c21-18-4-2-1-3-17(18)14-5-6-19(24-10-14)27-16-12-25(13-16)20(26)9-15-11-22-7-8-23-15;15-10-1-2-13(18-6-10)21-12-8-19(9-12)14(20)5-11-7-16-3-4-17-11;8-6-4-2-1-3-5(6)7(9)10/h1-8,10-11,16H,9,12-13H2;1-4,6-7,12H,5,8-9H2;1-4,9-10H. The summed E-state index contributed by atoms with van der Waals surface area (Å²) in [4.78, 5) is 52.2. The number of carbonyl (C=O) groups excluding carboxylic acids is 2. The van der Waals surface area contributed by atoms with E-state index in [1.165, 1.54) is 30.3 Å². The quantitative estimate of drug-likeness (QED) is 0.192. The Morgan fingerprint density at radius 1 is 0.655 bits per heavy atom. The molecule has 0 spiro atoms. The summed E-state index contributed by atoms with van der Waals surface area (Å²) < 4.78 is 38.7. The summed E-state index contributed by atoms with van der Waals surface area (Å²) >= 11 is 3.32. The predicted molar refractivity (Wildman–Crippen MR) is 211 cm³/mol. The van der Waals surface area contributed by atoms with Crippen molar-refractivity contribution in [1.82, 2.24) is 39.7 Å². The Morgan fingerprint density at radius 2 is 1.17 bits per heavy atom. The van der Waals surface area contributed by atoms with E-state index in [2.05, 4.69) is 45.8 Å². The molecule has 2 aromatic carbocycles.